The molecule has 0 radical (unpaired) electrons. The van der Waals surface area contributed by atoms with Crippen LogP contribution in [0.3, 0.4) is 0 Å². The van der Waals surface area contributed by atoms with E-state index in [2.05, 4.69) is 72.4 Å². The van der Waals surface area contributed by atoms with Crippen LogP contribution in [-0.2, 0) is 22.5 Å². The molecule has 0 aliphatic carbocycles. The molecule has 2 amide bonds. The van der Waals surface area contributed by atoms with E-state index in [1.807, 2.05) is 18.2 Å². The molecule has 38 heavy (non-hydrogen) atoms. The number of fused-ring (bicyclic) bond motifs is 1. The lowest BCUT2D eigenvalue weighted by atomic mass is 9.84. The number of amides is 2. The molecule has 7 heteroatoms. The SMILES string of the molecule is CC(CC(=O)Nc1ccc(N2CCc3ccccc3C2)c(C(=O)NCCN2CCOCC2)c1)CC(C)(C)C. The Kier molecular flexibility index (Phi) is 9.44. The Morgan fingerprint density at radius 3 is 2.50 bits per heavy atom. The average Bonchev–Trinajstić information content (AvgIpc) is 2.87. The number of anilines is 2. The Bertz CT molecular complexity index is 1100. The molecule has 206 valence electrons. The van der Waals surface area contributed by atoms with Gasteiger partial charge in [-0.1, -0.05) is 52.0 Å². The van der Waals surface area contributed by atoms with Crippen molar-refractivity contribution in [2.75, 3.05) is 56.2 Å². The predicted molar refractivity (Wildman–Crippen MR) is 154 cm³/mol. The number of hydrogen-bond donors (Lipinski definition) is 2. The number of carbonyl (C=O) groups excluding carboxylic acids is 2. The standard InChI is InChI=1S/C31H44N4O3/c1-23(21-31(2,3)4)19-29(36)33-26-9-10-28(35-13-11-24-7-5-6-8-25(24)22-35)27(20-26)30(37)32-12-14-34-15-17-38-18-16-34/h5-10,20,23H,11-19,21-22H2,1-4H3,(H,32,37)(H,33,36). The molecule has 4 rings (SSSR count). The normalized spacial score (nSPS) is 17.0. The van der Waals surface area contributed by atoms with E-state index in [4.69, 9.17) is 4.74 Å². The summed E-state index contributed by atoms with van der Waals surface area (Å²) in [4.78, 5) is 30.9. The molecule has 0 aromatic heterocycles. The summed E-state index contributed by atoms with van der Waals surface area (Å²) in [7, 11) is 0. The highest BCUT2D eigenvalue weighted by Gasteiger charge is 2.23. The molecule has 2 N–H and O–H groups in total. The number of benzene rings is 2. The maximum Gasteiger partial charge on any atom is 0.253 e. The van der Waals surface area contributed by atoms with Gasteiger partial charge in [0.15, 0.2) is 0 Å². The molecular formula is C31H44N4O3. The maximum atomic E-state index is 13.5. The van der Waals surface area contributed by atoms with Crippen molar-refractivity contribution in [1.82, 2.24) is 10.2 Å². The van der Waals surface area contributed by atoms with Gasteiger partial charge in [-0.25, -0.2) is 0 Å². The van der Waals surface area contributed by atoms with E-state index in [0.717, 1.165) is 64.5 Å². The van der Waals surface area contributed by atoms with Crippen LogP contribution in [0.25, 0.3) is 0 Å². The van der Waals surface area contributed by atoms with Crippen LogP contribution in [0.15, 0.2) is 42.5 Å². The Balaban J connectivity index is 1.48. The van der Waals surface area contributed by atoms with Crippen LogP contribution in [0, 0.1) is 11.3 Å². The van der Waals surface area contributed by atoms with Crippen molar-refractivity contribution in [2.45, 2.75) is 53.5 Å². The number of rotatable bonds is 9. The first-order valence-electron chi connectivity index (χ1n) is 14.0. The summed E-state index contributed by atoms with van der Waals surface area (Å²) in [6.45, 7) is 15.0. The Morgan fingerprint density at radius 2 is 1.76 bits per heavy atom. The highest BCUT2D eigenvalue weighted by Crippen LogP contribution is 2.30. The van der Waals surface area contributed by atoms with Crippen molar-refractivity contribution >= 4 is 23.2 Å². The molecule has 1 atom stereocenters. The van der Waals surface area contributed by atoms with Crippen LogP contribution >= 0.6 is 0 Å². The second-order valence-corrected chi connectivity index (χ2v) is 12.0. The van der Waals surface area contributed by atoms with E-state index >= 15 is 0 Å². The minimum Gasteiger partial charge on any atom is -0.379 e. The van der Waals surface area contributed by atoms with Crippen molar-refractivity contribution in [3.8, 4) is 0 Å². The number of ether oxygens (including phenoxy) is 1. The van der Waals surface area contributed by atoms with Crippen molar-refractivity contribution in [3.63, 3.8) is 0 Å². The van der Waals surface area contributed by atoms with Gasteiger partial charge in [0.2, 0.25) is 5.91 Å². The summed E-state index contributed by atoms with van der Waals surface area (Å²) in [6.07, 6.45) is 2.38. The number of carbonyl (C=O) groups is 2. The third-order valence-electron chi connectivity index (χ3n) is 7.31. The lowest BCUT2D eigenvalue weighted by Gasteiger charge is -2.32. The second-order valence-electron chi connectivity index (χ2n) is 12.0. The lowest BCUT2D eigenvalue weighted by molar-refractivity contribution is -0.117. The second kappa shape index (κ2) is 12.8. The van der Waals surface area contributed by atoms with Crippen molar-refractivity contribution in [3.05, 3.63) is 59.2 Å². The van der Waals surface area contributed by atoms with E-state index in [1.54, 1.807) is 0 Å². The van der Waals surface area contributed by atoms with Crippen LogP contribution in [-0.4, -0.2) is 62.7 Å². The first-order valence-corrected chi connectivity index (χ1v) is 14.0. The highest BCUT2D eigenvalue weighted by atomic mass is 16.5. The summed E-state index contributed by atoms with van der Waals surface area (Å²) in [5.41, 5.74) is 5.02. The lowest BCUT2D eigenvalue weighted by Crippen LogP contribution is -2.41. The van der Waals surface area contributed by atoms with Gasteiger partial charge in [0.1, 0.15) is 0 Å². The first-order chi connectivity index (χ1) is 18.2. The monoisotopic (exact) mass is 520 g/mol. The van der Waals surface area contributed by atoms with E-state index in [0.29, 0.717) is 24.2 Å². The van der Waals surface area contributed by atoms with Gasteiger partial charge in [-0.2, -0.15) is 0 Å². The Morgan fingerprint density at radius 1 is 1.03 bits per heavy atom. The van der Waals surface area contributed by atoms with Gasteiger partial charge in [-0.3, -0.25) is 14.5 Å². The molecule has 2 heterocycles. The Hall–Kier alpha value is -2.90. The largest absolute Gasteiger partial charge is 0.379 e. The fourth-order valence-corrected chi connectivity index (χ4v) is 5.67. The van der Waals surface area contributed by atoms with E-state index in [-0.39, 0.29) is 23.1 Å². The molecular weight excluding hydrogens is 476 g/mol. The number of morpholine rings is 1. The highest BCUT2D eigenvalue weighted by molar-refractivity contribution is 6.02. The molecule has 2 aromatic rings. The molecule has 1 unspecified atom stereocenters. The summed E-state index contributed by atoms with van der Waals surface area (Å²) >= 11 is 0. The zero-order valence-corrected chi connectivity index (χ0v) is 23.5. The van der Waals surface area contributed by atoms with E-state index < -0.39 is 0 Å². The van der Waals surface area contributed by atoms with Gasteiger partial charge in [0.05, 0.1) is 18.8 Å². The Labute approximate surface area is 227 Å². The van der Waals surface area contributed by atoms with Crippen molar-refractivity contribution in [2.24, 2.45) is 11.3 Å². The fraction of sp³-hybridized carbons (Fsp3) is 0.548. The average molecular weight is 521 g/mol. The third-order valence-corrected chi connectivity index (χ3v) is 7.31. The number of nitrogens with zero attached hydrogens (tertiary/aromatic N) is 2. The molecule has 0 saturated carbocycles. The van der Waals surface area contributed by atoms with E-state index in [1.165, 1.54) is 11.1 Å². The van der Waals surface area contributed by atoms with Gasteiger partial charge in [0.25, 0.3) is 5.91 Å². The topological polar surface area (TPSA) is 73.9 Å². The van der Waals surface area contributed by atoms with Crippen LogP contribution in [0.2, 0.25) is 0 Å². The summed E-state index contributed by atoms with van der Waals surface area (Å²) in [5.74, 6) is 0.162. The minimum atomic E-state index is -0.107. The predicted octanol–water partition coefficient (Wildman–Crippen LogP) is 4.71. The molecule has 7 nitrogen and oxygen atoms in total. The van der Waals surface area contributed by atoms with Crippen LogP contribution in [0.1, 0.15) is 62.0 Å². The van der Waals surface area contributed by atoms with Crippen molar-refractivity contribution in [1.29, 1.82) is 0 Å². The number of hydrogen-bond acceptors (Lipinski definition) is 5. The fourth-order valence-electron chi connectivity index (χ4n) is 5.67. The van der Waals surface area contributed by atoms with Crippen LogP contribution in [0.4, 0.5) is 11.4 Å². The van der Waals surface area contributed by atoms with Gasteiger partial charge in [0, 0.05) is 57.1 Å². The third kappa shape index (κ3) is 8.05. The van der Waals surface area contributed by atoms with Crippen LogP contribution < -0.4 is 15.5 Å². The minimum absolute atomic E-state index is 0.0138. The van der Waals surface area contributed by atoms with Gasteiger partial charge in [-0.05, 0) is 53.5 Å². The molecule has 0 bridgehead atoms. The zero-order valence-electron chi connectivity index (χ0n) is 23.5. The smallest absolute Gasteiger partial charge is 0.253 e. The van der Waals surface area contributed by atoms with Crippen LogP contribution in [0.5, 0.6) is 0 Å². The molecule has 0 spiro atoms. The summed E-state index contributed by atoms with van der Waals surface area (Å²) in [5, 5.41) is 6.17. The quantitative estimate of drug-likeness (QED) is 0.501. The summed E-state index contributed by atoms with van der Waals surface area (Å²) in [6, 6.07) is 14.3. The molecule has 2 aliphatic rings. The van der Waals surface area contributed by atoms with Crippen molar-refractivity contribution < 1.29 is 14.3 Å². The number of nitrogens with one attached hydrogen (secondary N) is 2. The van der Waals surface area contributed by atoms with Gasteiger partial charge >= 0.3 is 0 Å². The molecule has 2 aliphatic heterocycles. The van der Waals surface area contributed by atoms with E-state index in [9.17, 15) is 9.59 Å². The summed E-state index contributed by atoms with van der Waals surface area (Å²) < 4.78 is 5.43. The van der Waals surface area contributed by atoms with Gasteiger partial charge in [-0.15, -0.1) is 0 Å². The molecule has 1 saturated heterocycles. The maximum absolute atomic E-state index is 13.5. The molecule has 2 aromatic carbocycles. The first kappa shape index (κ1) is 28.1. The zero-order chi connectivity index (χ0) is 27.1. The molecule has 1 fully saturated rings. The van der Waals surface area contributed by atoms with Gasteiger partial charge < -0.3 is 20.3 Å².